The normalized spacial score (nSPS) is 16.5. The Morgan fingerprint density at radius 1 is 1.23 bits per heavy atom. The largest absolute Gasteiger partial charge is 0.293 e. The lowest BCUT2D eigenvalue weighted by atomic mass is 10.1. The van der Waals surface area contributed by atoms with Crippen molar-refractivity contribution in [2.45, 2.75) is 34.9 Å². The maximum absolute atomic E-state index is 12.5. The number of benzene rings is 1. The van der Waals surface area contributed by atoms with Crippen molar-refractivity contribution in [2.24, 2.45) is 0 Å². The molecule has 1 aliphatic heterocycles. The lowest BCUT2D eigenvalue weighted by molar-refractivity contribution is 0.0994. The summed E-state index contributed by atoms with van der Waals surface area (Å²) in [5.41, 5.74) is 0.547. The average molecular weight is 411 g/mol. The van der Waals surface area contributed by atoms with Gasteiger partial charge in [-0.3, -0.25) is 4.79 Å². The summed E-state index contributed by atoms with van der Waals surface area (Å²) in [4.78, 5) is 16.9. The van der Waals surface area contributed by atoms with E-state index in [4.69, 9.17) is 11.6 Å². The third-order valence-corrected chi connectivity index (χ3v) is 7.36. The number of sulfonamides is 1. The Hall–Kier alpha value is -1.41. The van der Waals surface area contributed by atoms with Crippen molar-refractivity contribution in [3.05, 3.63) is 53.2 Å². The first-order valence-corrected chi connectivity index (χ1v) is 11.0. The van der Waals surface area contributed by atoms with E-state index >= 15 is 0 Å². The van der Waals surface area contributed by atoms with Crippen LogP contribution in [0.1, 0.15) is 30.1 Å². The first-order chi connectivity index (χ1) is 12.4. The molecule has 0 bridgehead atoms. The molecule has 0 unspecified atom stereocenters. The lowest BCUT2D eigenvalue weighted by Gasteiger charge is -2.15. The topological polar surface area (TPSA) is 67.3 Å². The van der Waals surface area contributed by atoms with E-state index in [1.54, 1.807) is 43.3 Å². The van der Waals surface area contributed by atoms with Crippen LogP contribution >= 0.6 is 23.4 Å². The first-order valence-electron chi connectivity index (χ1n) is 8.30. The summed E-state index contributed by atoms with van der Waals surface area (Å²) >= 11 is 7.23. The Labute approximate surface area is 162 Å². The summed E-state index contributed by atoms with van der Waals surface area (Å²) in [7, 11) is -3.47. The van der Waals surface area contributed by atoms with E-state index in [1.807, 2.05) is 0 Å². The number of carbonyl (C=O) groups is 1. The monoisotopic (exact) mass is 410 g/mol. The smallest absolute Gasteiger partial charge is 0.244 e. The maximum atomic E-state index is 12.5. The van der Waals surface area contributed by atoms with E-state index in [1.165, 1.54) is 22.3 Å². The third-order valence-electron chi connectivity index (χ3n) is 4.19. The second kappa shape index (κ2) is 8.08. The van der Waals surface area contributed by atoms with Crippen molar-refractivity contribution < 1.29 is 13.2 Å². The standard InChI is InChI=1S/C18H19ClN2O3S2/c1-13(18(22)14-5-4-6-15(19)11-14)25-17-8-7-16(12-20-17)26(23,24)21-9-2-3-10-21/h4-8,11-13H,2-3,9-10H2,1H3/t13-/m1/s1. The first kappa shape index (κ1) is 19.4. The zero-order chi connectivity index (χ0) is 18.7. The molecule has 0 aliphatic carbocycles. The molecule has 0 saturated carbocycles. The Balaban J connectivity index is 1.70. The number of carbonyl (C=O) groups excluding carboxylic acids is 1. The molecule has 8 heteroatoms. The number of halogens is 1. The molecule has 1 saturated heterocycles. The SMILES string of the molecule is C[C@@H](Sc1ccc(S(=O)(=O)N2CCCC2)cn1)C(=O)c1cccc(Cl)c1. The molecule has 2 heterocycles. The molecule has 0 amide bonds. The molecule has 138 valence electrons. The number of aromatic nitrogens is 1. The zero-order valence-corrected chi connectivity index (χ0v) is 16.6. The van der Waals surface area contributed by atoms with Crippen molar-refractivity contribution in [2.75, 3.05) is 13.1 Å². The summed E-state index contributed by atoms with van der Waals surface area (Å²) < 4.78 is 26.5. The van der Waals surface area contributed by atoms with Crippen LogP contribution in [0.2, 0.25) is 5.02 Å². The molecular formula is C18H19ClN2O3S2. The molecule has 1 aromatic heterocycles. The summed E-state index contributed by atoms with van der Waals surface area (Å²) in [6.45, 7) is 2.92. The van der Waals surface area contributed by atoms with Crippen molar-refractivity contribution >= 4 is 39.2 Å². The number of hydrogen-bond donors (Lipinski definition) is 0. The van der Waals surface area contributed by atoms with Crippen LogP contribution in [0, 0.1) is 0 Å². The quantitative estimate of drug-likeness (QED) is 0.534. The van der Waals surface area contributed by atoms with E-state index in [-0.39, 0.29) is 15.9 Å². The minimum atomic E-state index is -3.47. The van der Waals surface area contributed by atoms with Crippen LogP contribution in [-0.4, -0.2) is 41.8 Å². The fraction of sp³-hybridized carbons (Fsp3) is 0.333. The molecule has 0 radical (unpaired) electrons. The molecule has 1 aliphatic rings. The van der Waals surface area contributed by atoms with Crippen molar-refractivity contribution in [3.8, 4) is 0 Å². The van der Waals surface area contributed by atoms with Gasteiger partial charge < -0.3 is 0 Å². The molecule has 1 atom stereocenters. The highest BCUT2D eigenvalue weighted by molar-refractivity contribution is 8.00. The van der Waals surface area contributed by atoms with Crippen LogP contribution < -0.4 is 0 Å². The van der Waals surface area contributed by atoms with E-state index in [2.05, 4.69) is 4.98 Å². The molecule has 26 heavy (non-hydrogen) atoms. The Morgan fingerprint density at radius 3 is 2.58 bits per heavy atom. The third kappa shape index (κ3) is 4.28. The highest BCUT2D eigenvalue weighted by Gasteiger charge is 2.27. The van der Waals surface area contributed by atoms with Crippen LogP contribution in [0.3, 0.4) is 0 Å². The highest BCUT2D eigenvalue weighted by atomic mass is 35.5. The van der Waals surface area contributed by atoms with E-state index < -0.39 is 10.0 Å². The Morgan fingerprint density at radius 2 is 1.96 bits per heavy atom. The van der Waals surface area contributed by atoms with Crippen molar-refractivity contribution in [3.63, 3.8) is 0 Å². The van der Waals surface area contributed by atoms with E-state index in [0.717, 1.165) is 12.8 Å². The van der Waals surface area contributed by atoms with Crippen LogP contribution in [0.15, 0.2) is 52.5 Å². The number of ketones is 1. The summed E-state index contributed by atoms with van der Waals surface area (Å²) in [5.74, 6) is -0.0481. The van der Waals surface area contributed by atoms with Crippen molar-refractivity contribution in [1.29, 1.82) is 0 Å². The number of hydrogen-bond acceptors (Lipinski definition) is 5. The van der Waals surface area contributed by atoms with Crippen LogP contribution in [0.25, 0.3) is 0 Å². The van der Waals surface area contributed by atoms with Gasteiger partial charge >= 0.3 is 0 Å². The predicted molar refractivity (Wildman–Crippen MR) is 103 cm³/mol. The van der Waals surface area contributed by atoms with Crippen LogP contribution in [-0.2, 0) is 10.0 Å². The van der Waals surface area contributed by atoms with Gasteiger partial charge in [0, 0.05) is 29.9 Å². The van der Waals surface area contributed by atoms with Gasteiger partial charge in [-0.2, -0.15) is 4.31 Å². The lowest BCUT2D eigenvalue weighted by Crippen LogP contribution is -2.27. The zero-order valence-electron chi connectivity index (χ0n) is 14.3. The van der Waals surface area contributed by atoms with Crippen LogP contribution in [0.5, 0.6) is 0 Å². The number of pyridine rings is 1. The van der Waals surface area contributed by atoms with E-state index in [9.17, 15) is 13.2 Å². The number of Topliss-reactive ketones (excluding diaryl/α,β-unsaturated/α-hetero) is 1. The number of nitrogens with zero attached hydrogens (tertiary/aromatic N) is 2. The van der Waals surface area contributed by atoms with Gasteiger partial charge in [-0.1, -0.05) is 35.5 Å². The summed E-state index contributed by atoms with van der Waals surface area (Å²) in [5, 5.41) is 0.762. The minimum Gasteiger partial charge on any atom is -0.293 e. The molecule has 3 rings (SSSR count). The number of thioether (sulfide) groups is 1. The van der Waals surface area contributed by atoms with Gasteiger partial charge in [-0.05, 0) is 44.0 Å². The maximum Gasteiger partial charge on any atom is 0.244 e. The van der Waals surface area contributed by atoms with E-state index in [0.29, 0.717) is 28.7 Å². The average Bonchev–Trinajstić information content (AvgIpc) is 3.17. The fourth-order valence-electron chi connectivity index (χ4n) is 2.78. The minimum absolute atomic E-state index is 0.0481. The molecule has 0 N–H and O–H groups in total. The van der Waals surface area contributed by atoms with Gasteiger partial charge in [0.15, 0.2) is 5.78 Å². The number of rotatable bonds is 6. The van der Waals surface area contributed by atoms with Gasteiger partial charge in [0.1, 0.15) is 4.90 Å². The van der Waals surface area contributed by atoms with Gasteiger partial charge in [0.2, 0.25) is 10.0 Å². The van der Waals surface area contributed by atoms with Crippen LogP contribution in [0.4, 0.5) is 0 Å². The Kier molecular flexibility index (Phi) is 6.02. The summed E-state index contributed by atoms with van der Waals surface area (Å²) in [6.07, 6.45) is 3.15. The second-order valence-electron chi connectivity index (χ2n) is 6.08. The molecule has 1 fully saturated rings. The molecule has 0 spiro atoms. The van der Waals surface area contributed by atoms with Gasteiger partial charge in [-0.25, -0.2) is 13.4 Å². The van der Waals surface area contributed by atoms with Crippen molar-refractivity contribution in [1.82, 2.24) is 9.29 Å². The Bertz CT molecular complexity index is 895. The fourth-order valence-corrected chi connectivity index (χ4v) is 5.30. The molecule has 5 nitrogen and oxygen atoms in total. The van der Waals surface area contributed by atoms with Gasteiger partial charge in [-0.15, -0.1) is 0 Å². The highest BCUT2D eigenvalue weighted by Crippen LogP contribution is 2.27. The molecule has 2 aromatic rings. The second-order valence-corrected chi connectivity index (χ2v) is 9.81. The van der Waals surface area contributed by atoms with Gasteiger partial charge in [0.25, 0.3) is 0 Å². The van der Waals surface area contributed by atoms with Gasteiger partial charge in [0.05, 0.1) is 10.3 Å². The molecule has 1 aromatic carbocycles. The predicted octanol–water partition coefficient (Wildman–Crippen LogP) is 3.88. The molecular weight excluding hydrogens is 392 g/mol. The summed E-state index contributed by atoms with van der Waals surface area (Å²) in [6, 6.07) is 10.0.